The van der Waals surface area contributed by atoms with Gasteiger partial charge in [0, 0.05) is 38.1 Å². The van der Waals surface area contributed by atoms with Crippen LogP contribution in [0.4, 0.5) is 0 Å². The predicted octanol–water partition coefficient (Wildman–Crippen LogP) is 1.03. The summed E-state index contributed by atoms with van der Waals surface area (Å²) in [7, 11) is 2.20. The first-order valence-corrected chi connectivity index (χ1v) is 5.03. The lowest BCUT2D eigenvalue weighted by Crippen LogP contribution is -2.54. The summed E-state index contributed by atoms with van der Waals surface area (Å²) >= 11 is 0. The van der Waals surface area contributed by atoms with Gasteiger partial charge in [0.25, 0.3) is 0 Å². The molecule has 0 amide bonds. The summed E-state index contributed by atoms with van der Waals surface area (Å²) in [5.74, 6) is 2.70. The molecule has 1 saturated heterocycles. The molecule has 0 aromatic heterocycles. The van der Waals surface area contributed by atoms with Crippen LogP contribution in [0.15, 0.2) is 0 Å². The van der Waals surface area contributed by atoms with Crippen LogP contribution < -0.4 is 0 Å². The molecule has 0 aromatic rings. The highest BCUT2D eigenvalue weighted by atomic mass is 15.3. The molecule has 2 unspecified atom stereocenters. The molecular weight excluding hydrogens is 160 g/mol. The molecule has 0 bridgehead atoms. The van der Waals surface area contributed by atoms with Crippen molar-refractivity contribution < 1.29 is 0 Å². The van der Waals surface area contributed by atoms with Gasteiger partial charge in [-0.25, -0.2) is 0 Å². The summed E-state index contributed by atoms with van der Waals surface area (Å²) in [6.45, 7) is 7.92. The molecule has 13 heavy (non-hydrogen) atoms. The second kappa shape index (κ2) is 4.64. The minimum atomic E-state index is 0.654. The Balaban J connectivity index is 2.40. The first-order chi connectivity index (χ1) is 6.15. The van der Waals surface area contributed by atoms with Gasteiger partial charge in [-0.3, -0.25) is 9.80 Å². The van der Waals surface area contributed by atoms with E-state index in [9.17, 15) is 0 Å². The van der Waals surface area contributed by atoms with Crippen LogP contribution in [0.1, 0.15) is 20.3 Å². The van der Waals surface area contributed by atoms with Gasteiger partial charge >= 0.3 is 0 Å². The zero-order valence-electron chi connectivity index (χ0n) is 8.95. The summed E-state index contributed by atoms with van der Waals surface area (Å²) in [5.41, 5.74) is 0. The molecule has 1 aliphatic rings. The third kappa shape index (κ3) is 2.72. The summed E-state index contributed by atoms with van der Waals surface area (Å²) in [6.07, 6.45) is 6.13. The maximum absolute atomic E-state index is 5.26. The van der Waals surface area contributed by atoms with Gasteiger partial charge in [0.05, 0.1) is 0 Å². The van der Waals surface area contributed by atoms with Gasteiger partial charge in [0.2, 0.25) is 0 Å². The van der Waals surface area contributed by atoms with Crippen LogP contribution in [-0.2, 0) is 0 Å². The molecule has 74 valence electrons. The van der Waals surface area contributed by atoms with Crippen molar-refractivity contribution in [3.8, 4) is 12.3 Å². The monoisotopic (exact) mass is 180 g/mol. The third-order valence-corrected chi connectivity index (χ3v) is 3.01. The average Bonchev–Trinajstić information content (AvgIpc) is 2.10. The van der Waals surface area contributed by atoms with E-state index >= 15 is 0 Å². The normalized spacial score (nSPS) is 31.5. The summed E-state index contributed by atoms with van der Waals surface area (Å²) in [4.78, 5) is 4.90. The van der Waals surface area contributed by atoms with Crippen molar-refractivity contribution in [1.82, 2.24) is 9.80 Å². The van der Waals surface area contributed by atoms with Gasteiger partial charge in [-0.1, -0.05) is 0 Å². The Kier molecular flexibility index (Phi) is 3.77. The molecule has 2 heteroatoms. The molecule has 1 fully saturated rings. The first kappa shape index (κ1) is 10.6. The van der Waals surface area contributed by atoms with E-state index in [-0.39, 0.29) is 0 Å². The van der Waals surface area contributed by atoms with Crippen LogP contribution in [0, 0.1) is 12.3 Å². The van der Waals surface area contributed by atoms with E-state index in [0.29, 0.717) is 12.1 Å². The van der Waals surface area contributed by atoms with Crippen molar-refractivity contribution in [1.29, 1.82) is 0 Å². The van der Waals surface area contributed by atoms with E-state index in [0.717, 1.165) is 26.1 Å². The van der Waals surface area contributed by atoms with Crippen LogP contribution in [-0.4, -0.2) is 48.6 Å². The van der Waals surface area contributed by atoms with E-state index in [2.05, 4.69) is 36.6 Å². The molecule has 2 atom stereocenters. The fraction of sp³-hybridized carbons (Fsp3) is 0.818. The standard InChI is InChI=1S/C11H20N2/c1-5-6-7-13-8-10(2)12(4)11(3)9-13/h1,10-11H,6-9H2,2-4H3. The van der Waals surface area contributed by atoms with Crippen molar-refractivity contribution in [2.75, 3.05) is 26.7 Å². The van der Waals surface area contributed by atoms with Gasteiger partial charge in [-0.15, -0.1) is 12.3 Å². The Labute approximate surface area is 81.9 Å². The third-order valence-electron chi connectivity index (χ3n) is 3.01. The molecule has 1 aliphatic heterocycles. The molecular formula is C11H20N2. The van der Waals surface area contributed by atoms with Gasteiger partial charge in [-0.05, 0) is 20.9 Å². The molecule has 0 N–H and O–H groups in total. The lowest BCUT2D eigenvalue weighted by Gasteiger charge is -2.42. The highest BCUT2D eigenvalue weighted by Gasteiger charge is 2.25. The van der Waals surface area contributed by atoms with Gasteiger partial charge in [0.1, 0.15) is 0 Å². The molecule has 2 nitrogen and oxygen atoms in total. The largest absolute Gasteiger partial charge is 0.299 e. The fourth-order valence-electron chi connectivity index (χ4n) is 1.92. The van der Waals surface area contributed by atoms with Crippen LogP contribution in [0.5, 0.6) is 0 Å². The highest BCUT2D eigenvalue weighted by molar-refractivity contribution is 4.88. The van der Waals surface area contributed by atoms with E-state index in [4.69, 9.17) is 6.42 Å². The summed E-state index contributed by atoms with van der Waals surface area (Å²) < 4.78 is 0. The van der Waals surface area contributed by atoms with Crippen molar-refractivity contribution in [3.63, 3.8) is 0 Å². The molecule has 0 aliphatic carbocycles. The van der Waals surface area contributed by atoms with E-state index in [1.807, 2.05) is 0 Å². The fourth-order valence-corrected chi connectivity index (χ4v) is 1.92. The van der Waals surface area contributed by atoms with Crippen LogP contribution in [0.25, 0.3) is 0 Å². The van der Waals surface area contributed by atoms with Crippen molar-refractivity contribution in [2.24, 2.45) is 0 Å². The Morgan fingerprint density at radius 3 is 2.31 bits per heavy atom. The van der Waals surface area contributed by atoms with Crippen molar-refractivity contribution in [3.05, 3.63) is 0 Å². The molecule has 0 saturated carbocycles. The van der Waals surface area contributed by atoms with Gasteiger partial charge in [0.15, 0.2) is 0 Å². The minimum Gasteiger partial charge on any atom is -0.299 e. The number of nitrogens with zero attached hydrogens (tertiary/aromatic N) is 2. The smallest absolute Gasteiger partial charge is 0.0214 e. The lowest BCUT2D eigenvalue weighted by molar-refractivity contribution is 0.0615. The topological polar surface area (TPSA) is 6.48 Å². The number of terminal acetylenes is 1. The number of piperazine rings is 1. The second-order valence-corrected chi connectivity index (χ2v) is 4.08. The van der Waals surface area contributed by atoms with Gasteiger partial charge in [-0.2, -0.15) is 0 Å². The maximum Gasteiger partial charge on any atom is 0.0214 e. The number of hydrogen-bond acceptors (Lipinski definition) is 2. The quantitative estimate of drug-likeness (QED) is 0.586. The van der Waals surface area contributed by atoms with Crippen LogP contribution >= 0.6 is 0 Å². The Morgan fingerprint density at radius 1 is 1.31 bits per heavy atom. The summed E-state index contributed by atoms with van der Waals surface area (Å²) in [5, 5.41) is 0. The lowest BCUT2D eigenvalue weighted by atomic mass is 10.1. The van der Waals surface area contributed by atoms with Gasteiger partial charge < -0.3 is 0 Å². The van der Waals surface area contributed by atoms with Crippen molar-refractivity contribution in [2.45, 2.75) is 32.4 Å². The average molecular weight is 180 g/mol. The Morgan fingerprint density at radius 2 is 1.85 bits per heavy atom. The Bertz CT molecular complexity index is 183. The Hall–Kier alpha value is -0.520. The number of rotatable bonds is 2. The zero-order valence-corrected chi connectivity index (χ0v) is 8.95. The van der Waals surface area contributed by atoms with E-state index in [1.165, 1.54) is 0 Å². The minimum absolute atomic E-state index is 0.654. The molecule has 0 aromatic carbocycles. The highest BCUT2D eigenvalue weighted by Crippen LogP contribution is 2.12. The second-order valence-electron chi connectivity index (χ2n) is 4.08. The predicted molar refractivity (Wildman–Crippen MR) is 56.6 cm³/mol. The maximum atomic E-state index is 5.26. The number of likely N-dealkylation sites (N-methyl/N-ethyl adjacent to an activating group) is 1. The number of hydrogen-bond donors (Lipinski definition) is 0. The molecule has 0 radical (unpaired) electrons. The first-order valence-electron chi connectivity index (χ1n) is 5.03. The molecule has 1 rings (SSSR count). The van der Waals surface area contributed by atoms with E-state index in [1.54, 1.807) is 0 Å². The molecule has 1 heterocycles. The SMILES string of the molecule is C#CCCN1CC(C)N(C)C(C)C1. The van der Waals surface area contributed by atoms with Crippen LogP contribution in [0.3, 0.4) is 0 Å². The molecule has 0 spiro atoms. The summed E-state index contributed by atoms with van der Waals surface area (Å²) in [6, 6.07) is 1.31. The van der Waals surface area contributed by atoms with Crippen molar-refractivity contribution >= 4 is 0 Å². The zero-order chi connectivity index (χ0) is 9.84. The van der Waals surface area contributed by atoms with E-state index < -0.39 is 0 Å². The van der Waals surface area contributed by atoms with Crippen LogP contribution in [0.2, 0.25) is 0 Å².